The van der Waals surface area contributed by atoms with Crippen molar-refractivity contribution in [3.8, 4) is 5.69 Å². The molecule has 34 heavy (non-hydrogen) atoms. The van der Waals surface area contributed by atoms with Gasteiger partial charge in [0.25, 0.3) is 0 Å². The van der Waals surface area contributed by atoms with Crippen LogP contribution in [0.15, 0.2) is 72.9 Å². The van der Waals surface area contributed by atoms with E-state index in [0.717, 1.165) is 33.5 Å². The fourth-order valence-electron chi connectivity index (χ4n) is 4.92. The second-order valence-electron chi connectivity index (χ2n) is 8.91. The Morgan fingerprint density at radius 2 is 1.71 bits per heavy atom. The van der Waals surface area contributed by atoms with Gasteiger partial charge in [0.05, 0.1) is 17.8 Å². The highest BCUT2D eigenvalue weighted by atomic mass is 35.5. The van der Waals surface area contributed by atoms with Crippen molar-refractivity contribution in [1.82, 2.24) is 14.9 Å². The van der Waals surface area contributed by atoms with Crippen LogP contribution in [0, 0.1) is 27.7 Å². The van der Waals surface area contributed by atoms with Crippen LogP contribution < -0.4 is 10.2 Å². The summed E-state index contributed by atoms with van der Waals surface area (Å²) < 4.78 is 2.26. The van der Waals surface area contributed by atoms with E-state index in [2.05, 4.69) is 83.9 Å². The van der Waals surface area contributed by atoms with Crippen LogP contribution in [0.4, 0.5) is 5.69 Å². The second-order valence-corrected chi connectivity index (χ2v) is 9.73. The van der Waals surface area contributed by atoms with Gasteiger partial charge in [0.15, 0.2) is 5.11 Å². The van der Waals surface area contributed by atoms with Gasteiger partial charge in [-0.3, -0.25) is 4.98 Å². The third-order valence-electron chi connectivity index (χ3n) is 6.72. The van der Waals surface area contributed by atoms with Gasteiger partial charge in [0.2, 0.25) is 0 Å². The number of benzene rings is 2. The number of pyridine rings is 1. The van der Waals surface area contributed by atoms with Gasteiger partial charge in [0, 0.05) is 34.0 Å². The third-order valence-corrected chi connectivity index (χ3v) is 7.27. The second kappa shape index (κ2) is 8.90. The van der Waals surface area contributed by atoms with Gasteiger partial charge < -0.3 is 14.8 Å². The fraction of sp³-hybridized carbons (Fsp3) is 0.214. The number of thiocarbonyl (C=S) groups is 1. The summed E-state index contributed by atoms with van der Waals surface area (Å²) in [6.07, 6.45) is 1.84. The minimum atomic E-state index is -0.0800. The van der Waals surface area contributed by atoms with Crippen molar-refractivity contribution in [2.45, 2.75) is 39.8 Å². The Bertz CT molecular complexity index is 1380. The van der Waals surface area contributed by atoms with Crippen LogP contribution in [-0.4, -0.2) is 14.7 Å². The van der Waals surface area contributed by atoms with Crippen molar-refractivity contribution in [3.63, 3.8) is 0 Å². The Hall–Kier alpha value is -3.15. The van der Waals surface area contributed by atoms with E-state index in [0.29, 0.717) is 5.11 Å². The molecule has 1 fully saturated rings. The summed E-state index contributed by atoms with van der Waals surface area (Å²) in [6, 6.07) is 22.7. The highest BCUT2D eigenvalue weighted by Gasteiger charge is 2.42. The van der Waals surface area contributed by atoms with Crippen LogP contribution in [0.5, 0.6) is 0 Å². The number of halogens is 1. The molecular formula is C28H27ClN4S. The van der Waals surface area contributed by atoms with Crippen molar-refractivity contribution >= 4 is 34.6 Å². The minimum Gasteiger partial charge on any atom is -0.351 e. The number of rotatable bonds is 4. The molecule has 1 aliphatic rings. The molecule has 2 atom stereocenters. The number of aryl methyl sites for hydroxylation is 3. The molecule has 0 bridgehead atoms. The molecule has 0 spiro atoms. The summed E-state index contributed by atoms with van der Waals surface area (Å²) in [5, 5.41) is 5.00. The van der Waals surface area contributed by atoms with Gasteiger partial charge in [-0.1, -0.05) is 29.8 Å². The van der Waals surface area contributed by atoms with E-state index >= 15 is 0 Å². The van der Waals surface area contributed by atoms with Crippen LogP contribution in [0.25, 0.3) is 5.69 Å². The lowest BCUT2D eigenvalue weighted by atomic mass is 9.96. The minimum absolute atomic E-state index is 0.0522. The van der Waals surface area contributed by atoms with Gasteiger partial charge in [-0.25, -0.2) is 0 Å². The smallest absolute Gasteiger partial charge is 0.174 e. The standard InChI is InChI=1S/C28H27ClN4S/c1-17-11-12-23(14-18(17)2)33-27(26(31-28(33)34)25-10-5-6-13-30-25)24-15-19(3)32(20(24)4)22-9-7-8-21(29)16-22/h5-16,26-27H,1-4H3,(H,31,34)/t26-,27+/m1/s1. The molecule has 0 aliphatic carbocycles. The number of aromatic nitrogens is 2. The van der Waals surface area contributed by atoms with Gasteiger partial charge in [0.1, 0.15) is 0 Å². The largest absolute Gasteiger partial charge is 0.351 e. The van der Waals surface area contributed by atoms with Crippen molar-refractivity contribution in [2.75, 3.05) is 4.90 Å². The molecule has 1 N–H and O–H groups in total. The molecule has 0 unspecified atom stereocenters. The van der Waals surface area contributed by atoms with E-state index in [1.165, 1.54) is 16.7 Å². The van der Waals surface area contributed by atoms with Crippen LogP contribution in [-0.2, 0) is 0 Å². The Morgan fingerprint density at radius 3 is 2.41 bits per heavy atom. The van der Waals surface area contributed by atoms with Gasteiger partial charge in [-0.2, -0.15) is 0 Å². The van der Waals surface area contributed by atoms with Gasteiger partial charge in [-0.05, 0) is 105 Å². The van der Waals surface area contributed by atoms with E-state index in [4.69, 9.17) is 23.8 Å². The summed E-state index contributed by atoms with van der Waals surface area (Å²) in [5.74, 6) is 0. The zero-order chi connectivity index (χ0) is 24.0. The number of hydrogen-bond acceptors (Lipinski definition) is 2. The third kappa shape index (κ3) is 3.89. The van der Waals surface area contributed by atoms with Crippen molar-refractivity contribution < 1.29 is 0 Å². The van der Waals surface area contributed by atoms with Crippen LogP contribution in [0.3, 0.4) is 0 Å². The lowest BCUT2D eigenvalue weighted by Crippen LogP contribution is -2.29. The molecule has 4 nitrogen and oxygen atoms in total. The Balaban J connectivity index is 1.69. The summed E-state index contributed by atoms with van der Waals surface area (Å²) >= 11 is 12.2. The SMILES string of the molecule is Cc1ccc(N2C(=S)N[C@H](c3ccccn3)[C@@H]2c2cc(C)n(-c3cccc(Cl)c3)c2C)cc1C. The summed E-state index contributed by atoms with van der Waals surface area (Å²) in [4.78, 5) is 6.93. The van der Waals surface area contributed by atoms with Crippen LogP contribution in [0.2, 0.25) is 5.02 Å². The van der Waals surface area contributed by atoms with E-state index in [1.54, 1.807) is 0 Å². The molecule has 5 rings (SSSR count). The quantitative estimate of drug-likeness (QED) is 0.317. The zero-order valence-corrected chi connectivity index (χ0v) is 21.3. The number of hydrogen-bond donors (Lipinski definition) is 1. The van der Waals surface area contributed by atoms with E-state index in [-0.39, 0.29) is 12.1 Å². The first-order chi connectivity index (χ1) is 16.3. The van der Waals surface area contributed by atoms with E-state index in [1.807, 2.05) is 36.5 Å². The van der Waals surface area contributed by atoms with Crippen molar-refractivity contribution in [1.29, 1.82) is 0 Å². The molecule has 0 amide bonds. The first kappa shape index (κ1) is 22.6. The number of nitrogens with one attached hydrogen (secondary N) is 1. The van der Waals surface area contributed by atoms with Crippen LogP contribution >= 0.6 is 23.8 Å². The predicted octanol–water partition coefficient (Wildman–Crippen LogP) is 6.94. The molecule has 1 saturated heterocycles. The maximum Gasteiger partial charge on any atom is 0.174 e. The molecular weight excluding hydrogens is 460 g/mol. The zero-order valence-electron chi connectivity index (χ0n) is 19.7. The number of anilines is 1. The average molecular weight is 487 g/mol. The number of nitrogens with zero attached hydrogens (tertiary/aromatic N) is 3. The summed E-state index contributed by atoms with van der Waals surface area (Å²) in [6.45, 7) is 8.57. The molecule has 2 aromatic heterocycles. The molecule has 0 radical (unpaired) electrons. The average Bonchev–Trinajstić information content (AvgIpc) is 3.31. The first-order valence-corrected chi connectivity index (χ1v) is 12.2. The monoisotopic (exact) mass is 486 g/mol. The molecule has 0 saturated carbocycles. The van der Waals surface area contributed by atoms with Gasteiger partial charge >= 0.3 is 0 Å². The highest BCUT2D eigenvalue weighted by molar-refractivity contribution is 7.80. The molecule has 1 aliphatic heterocycles. The van der Waals surface area contributed by atoms with Gasteiger partial charge in [-0.15, -0.1) is 0 Å². The lowest BCUT2D eigenvalue weighted by molar-refractivity contribution is 0.565. The Morgan fingerprint density at radius 1 is 0.882 bits per heavy atom. The Kier molecular flexibility index (Phi) is 5.92. The highest BCUT2D eigenvalue weighted by Crippen LogP contribution is 2.44. The van der Waals surface area contributed by atoms with Crippen molar-refractivity contribution in [3.05, 3.63) is 112 Å². The Labute approximate surface area is 211 Å². The van der Waals surface area contributed by atoms with E-state index < -0.39 is 0 Å². The van der Waals surface area contributed by atoms with Crippen LogP contribution in [0.1, 0.15) is 45.9 Å². The van der Waals surface area contributed by atoms with E-state index in [9.17, 15) is 0 Å². The fourth-order valence-corrected chi connectivity index (χ4v) is 5.45. The normalized spacial score (nSPS) is 17.8. The molecule has 6 heteroatoms. The molecule has 4 aromatic rings. The molecule has 172 valence electrons. The lowest BCUT2D eigenvalue weighted by Gasteiger charge is -2.28. The summed E-state index contributed by atoms with van der Waals surface area (Å²) in [5.41, 5.74) is 9.11. The molecule has 2 aromatic carbocycles. The van der Waals surface area contributed by atoms with Crippen molar-refractivity contribution in [2.24, 2.45) is 0 Å². The maximum absolute atomic E-state index is 6.33. The maximum atomic E-state index is 6.33. The summed E-state index contributed by atoms with van der Waals surface area (Å²) in [7, 11) is 0. The molecule has 3 heterocycles. The topological polar surface area (TPSA) is 33.1 Å². The first-order valence-electron chi connectivity index (χ1n) is 11.4. The predicted molar refractivity (Wildman–Crippen MR) is 144 cm³/mol.